The van der Waals surface area contributed by atoms with Gasteiger partial charge in [0.15, 0.2) is 0 Å². The van der Waals surface area contributed by atoms with Crippen molar-refractivity contribution in [3.05, 3.63) is 32.8 Å². The summed E-state index contributed by atoms with van der Waals surface area (Å²) in [5.74, 6) is 0. The summed E-state index contributed by atoms with van der Waals surface area (Å²) in [6.45, 7) is 0. The lowest BCUT2D eigenvalue weighted by molar-refractivity contribution is -0.384. The fraction of sp³-hybridized carbons (Fsp3) is 0.333. The van der Waals surface area contributed by atoms with Crippen LogP contribution in [0.5, 0.6) is 0 Å². The Morgan fingerprint density at radius 1 is 1.50 bits per heavy atom. The van der Waals surface area contributed by atoms with Crippen LogP contribution in [0, 0.1) is 10.1 Å². The van der Waals surface area contributed by atoms with E-state index in [2.05, 4.69) is 21.2 Å². The number of hydrogen-bond donors (Lipinski definition) is 1. The van der Waals surface area contributed by atoms with Crippen LogP contribution >= 0.6 is 15.9 Å². The number of nitrogens with one attached hydrogen (secondary N) is 1. The highest BCUT2D eigenvalue weighted by Gasteiger charge is 2.24. The van der Waals surface area contributed by atoms with E-state index < -0.39 is 0 Å². The molecular weight excluding hydrogens is 248 g/mol. The highest BCUT2D eigenvalue weighted by molar-refractivity contribution is 9.10. The molecule has 1 aliphatic rings. The number of nitro benzene ring substituents is 1. The smallest absolute Gasteiger partial charge is 0.293 e. The first kappa shape index (κ1) is 9.45. The van der Waals surface area contributed by atoms with Crippen molar-refractivity contribution in [1.29, 1.82) is 0 Å². The topological polar surface area (TPSA) is 55.2 Å². The minimum Gasteiger partial charge on any atom is -0.377 e. The molecule has 74 valence electrons. The zero-order valence-corrected chi connectivity index (χ0v) is 8.95. The minimum atomic E-state index is -0.366. The largest absolute Gasteiger partial charge is 0.377 e. The maximum atomic E-state index is 10.7. The number of halogens is 1. The molecule has 0 unspecified atom stereocenters. The number of nitrogens with zero attached hydrogens (tertiary/aromatic N) is 1. The van der Waals surface area contributed by atoms with Crippen LogP contribution in [0.2, 0.25) is 0 Å². The summed E-state index contributed by atoms with van der Waals surface area (Å²) in [5, 5.41) is 13.9. The first-order valence-corrected chi connectivity index (χ1v) is 5.16. The Hall–Kier alpha value is -1.10. The van der Waals surface area contributed by atoms with Gasteiger partial charge < -0.3 is 5.32 Å². The van der Waals surface area contributed by atoms with Crippen LogP contribution in [0.25, 0.3) is 0 Å². The molecule has 0 atom stereocenters. The summed E-state index contributed by atoms with van der Waals surface area (Å²) >= 11 is 3.21. The van der Waals surface area contributed by atoms with Gasteiger partial charge in [0.2, 0.25) is 0 Å². The molecule has 14 heavy (non-hydrogen) atoms. The maximum Gasteiger partial charge on any atom is 0.293 e. The standard InChI is InChI=1S/C9H9BrN2O2/c10-6-1-4-8(11-7-2-3-7)9(5-6)12(13)14/h1,4-5,7,11H,2-3H2. The molecule has 0 saturated heterocycles. The van der Waals surface area contributed by atoms with Gasteiger partial charge in [0.25, 0.3) is 5.69 Å². The summed E-state index contributed by atoms with van der Waals surface area (Å²) < 4.78 is 0.727. The van der Waals surface area contributed by atoms with E-state index in [1.54, 1.807) is 12.1 Å². The fourth-order valence-corrected chi connectivity index (χ4v) is 1.57. The van der Waals surface area contributed by atoms with Crippen LogP contribution in [0.1, 0.15) is 12.8 Å². The summed E-state index contributed by atoms with van der Waals surface area (Å²) in [6.07, 6.45) is 2.21. The summed E-state index contributed by atoms with van der Waals surface area (Å²) in [5.41, 5.74) is 0.743. The predicted octanol–water partition coefficient (Wildman–Crippen LogP) is 2.93. The van der Waals surface area contributed by atoms with Gasteiger partial charge in [0.1, 0.15) is 5.69 Å². The Balaban J connectivity index is 2.31. The summed E-state index contributed by atoms with van der Waals surface area (Å²) in [6, 6.07) is 5.48. The second kappa shape index (κ2) is 3.57. The Morgan fingerprint density at radius 3 is 2.79 bits per heavy atom. The molecule has 1 aromatic carbocycles. The van der Waals surface area contributed by atoms with Crippen LogP contribution in [-0.4, -0.2) is 11.0 Å². The lowest BCUT2D eigenvalue weighted by atomic mass is 10.2. The highest BCUT2D eigenvalue weighted by Crippen LogP contribution is 2.32. The maximum absolute atomic E-state index is 10.7. The quantitative estimate of drug-likeness (QED) is 0.669. The van der Waals surface area contributed by atoms with Crippen molar-refractivity contribution in [1.82, 2.24) is 0 Å². The normalized spacial score (nSPS) is 15.2. The van der Waals surface area contributed by atoms with Crippen molar-refractivity contribution in [2.45, 2.75) is 18.9 Å². The van der Waals surface area contributed by atoms with Gasteiger partial charge in [-0.3, -0.25) is 10.1 Å². The molecule has 0 aromatic heterocycles. The molecule has 0 spiro atoms. The minimum absolute atomic E-state index is 0.131. The molecule has 1 N–H and O–H groups in total. The fourth-order valence-electron chi connectivity index (χ4n) is 1.23. The summed E-state index contributed by atoms with van der Waals surface area (Å²) in [4.78, 5) is 10.4. The second-order valence-electron chi connectivity index (χ2n) is 3.34. The molecule has 4 nitrogen and oxygen atoms in total. The third-order valence-electron chi connectivity index (χ3n) is 2.09. The van der Waals surface area contributed by atoms with Crippen molar-refractivity contribution < 1.29 is 4.92 Å². The molecule has 5 heteroatoms. The first-order valence-electron chi connectivity index (χ1n) is 4.37. The number of rotatable bonds is 3. The zero-order chi connectivity index (χ0) is 10.1. The first-order chi connectivity index (χ1) is 6.66. The Bertz CT molecular complexity index is 377. The lowest BCUT2D eigenvalue weighted by Crippen LogP contribution is -2.03. The third-order valence-corrected chi connectivity index (χ3v) is 2.59. The van der Waals surface area contributed by atoms with Gasteiger partial charge in [-0.15, -0.1) is 0 Å². The van der Waals surface area contributed by atoms with Gasteiger partial charge in [-0.25, -0.2) is 0 Å². The highest BCUT2D eigenvalue weighted by atomic mass is 79.9. The number of benzene rings is 1. The molecule has 0 radical (unpaired) electrons. The van der Waals surface area contributed by atoms with Crippen LogP contribution < -0.4 is 5.32 Å². The van der Waals surface area contributed by atoms with Gasteiger partial charge in [-0.05, 0) is 25.0 Å². The Labute approximate surface area is 89.6 Å². The molecule has 0 aliphatic heterocycles. The molecule has 1 saturated carbocycles. The molecule has 1 aromatic rings. The second-order valence-corrected chi connectivity index (χ2v) is 4.25. The Kier molecular flexibility index (Phi) is 2.41. The van der Waals surface area contributed by atoms with Gasteiger partial charge in [-0.2, -0.15) is 0 Å². The summed E-state index contributed by atoms with van der Waals surface area (Å²) in [7, 11) is 0. The predicted molar refractivity (Wildman–Crippen MR) is 57.4 cm³/mol. The Morgan fingerprint density at radius 2 is 2.21 bits per heavy atom. The molecule has 2 rings (SSSR count). The average molecular weight is 257 g/mol. The van der Waals surface area contributed by atoms with E-state index in [1.165, 1.54) is 6.07 Å². The van der Waals surface area contributed by atoms with Crippen LogP contribution in [0.15, 0.2) is 22.7 Å². The molecular formula is C9H9BrN2O2. The van der Waals surface area contributed by atoms with Crippen molar-refractivity contribution >= 4 is 27.3 Å². The molecule has 0 heterocycles. The van der Waals surface area contributed by atoms with Gasteiger partial charge in [0, 0.05) is 16.6 Å². The van der Waals surface area contributed by atoms with Crippen molar-refractivity contribution in [2.75, 3.05) is 5.32 Å². The van der Waals surface area contributed by atoms with E-state index >= 15 is 0 Å². The van der Waals surface area contributed by atoms with E-state index in [9.17, 15) is 10.1 Å². The molecule has 0 amide bonds. The van der Waals surface area contributed by atoms with Crippen molar-refractivity contribution in [2.24, 2.45) is 0 Å². The number of nitro groups is 1. The third kappa shape index (κ3) is 2.04. The number of anilines is 1. The number of hydrogen-bond acceptors (Lipinski definition) is 3. The van der Waals surface area contributed by atoms with E-state index in [0.29, 0.717) is 11.7 Å². The van der Waals surface area contributed by atoms with Crippen molar-refractivity contribution in [3.8, 4) is 0 Å². The van der Waals surface area contributed by atoms with E-state index in [4.69, 9.17) is 0 Å². The molecule has 1 aliphatic carbocycles. The van der Waals surface area contributed by atoms with Crippen LogP contribution in [0.3, 0.4) is 0 Å². The zero-order valence-electron chi connectivity index (χ0n) is 7.37. The van der Waals surface area contributed by atoms with Gasteiger partial charge >= 0.3 is 0 Å². The van der Waals surface area contributed by atoms with E-state index in [-0.39, 0.29) is 10.6 Å². The van der Waals surface area contributed by atoms with E-state index in [0.717, 1.165) is 17.3 Å². The molecule has 0 bridgehead atoms. The van der Waals surface area contributed by atoms with Gasteiger partial charge in [0.05, 0.1) is 4.92 Å². The lowest BCUT2D eigenvalue weighted by Gasteiger charge is -2.05. The monoisotopic (exact) mass is 256 g/mol. The SMILES string of the molecule is O=[N+]([O-])c1cc(Br)ccc1NC1CC1. The van der Waals surface area contributed by atoms with E-state index in [1.807, 2.05) is 0 Å². The van der Waals surface area contributed by atoms with Gasteiger partial charge in [-0.1, -0.05) is 15.9 Å². The molecule has 1 fully saturated rings. The van der Waals surface area contributed by atoms with Crippen LogP contribution in [-0.2, 0) is 0 Å². The van der Waals surface area contributed by atoms with Crippen LogP contribution in [0.4, 0.5) is 11.4 Å². The average Bonchev–Trinajstić information content (AvgIpc) is 2.91. The van der Waals surface area contributed by atoms with Crippen molar-refractivity contribution in [3.63, 3.8) is 0 Å².